The first-order valence-electron chi connectivity index (χ1n) is 4.66. The number of hydrogen-bond donors (Lipinski definition) is 1. The molecular formula is C11H13BrN2O. The molecule has 1 rings (SSSR count). The maximum absolute atomic E-state index is 8.63. The Hall–Kier alpha value is -1.05. The molecule has 0 saturated heterocycles. The van der Waals surface area contributed by atoms with Crippen molar-refractivity contribution in [3.05, 3.63) is 28.2 Å². The lowest BCUT2D eigenvalue weighted by Gasteiger charge is -2.10. The average molecular weight is 269 g/mol. The van der Waals surface area contributed by atoms with Crippen molar-refractivity contribution in [3.63, 3.8) is 0 Å². The Kier molecular flexibility index (Phi) is 4.60. The van der Waals surface area contributed by atoms with Crippen LogP contribution in [-0.4, -0.2) is 13.2 Å². The minimum absolute atomic E-state index is 0.434. The highest BCUT2D eigenvalue weighted by Gasteiger charge is 2.06. The van der Waals surface area contributed by atoms with Gasteiger partial charge in [0.25, 0.3) is 0 Å². The molecule has 0 amide bonds. The predicted octanol–water partition coefficient (Wildman–Crippen LogP) is 2.46. The molecule has 0 aliphatic rings. The monoisotopic (exact) mass is 268 g/mol. The summed E-state index contributed by atoms with van der Waals surface area (Å²) in [5.41, 5.74) is 1.17. The Balaban J connectivity index is 2.80. The number of hydrogen-bond acceptors (Lipinski definition) is 3. The number of ether oxygens (including phenoxy) is 1. The van der Waals surface area contributed by atoms with Crippen molar-refractivity contribution in [2.75, 3.05) is 7.05 Å². The molecule has 0 spiro atoms. The highest BCUT2D eigenvalue weighted by atomic mass is 79.9. The van der Waals surface area contributed by atoms with Crippen LogP contribution < -0.4 is 10.1 Å². The SMILES string of the molecule is CNCc1ccc(OC(C)C#N)c(Br)c1. The van der Waals surface area contributed by atoms with Crippen molar-refractivity contribution >= 4 is 15.9 Å². The lowest BCUT2D eigenvalue weighted by molar-refractivity contribution is 0.274. The standard InChI is InChI=1S/C11H13BrN2O/c1-8(6-13)15-11-4-3-9(7-14-2)5-10(11)12/h3-5,8,14H,7H2,1-2H3. The fourth-order valence-electron chi connectivity index (χ4n) is 1.17. The van der Waals surface area contributed by atoms with Gasteiger partial charge in [-0.2, -0.15) is 5.26 Å². The summed E-state index contributed by atoms with van der Waals surface area (Å²) in [6.07, 6.45) is -0.434. The average Bonchev–Trinajstić information content (AvgIpc) is 2.22. The molecule has 1 aromatic rings. The molecule has 0 heterocycles. The van der Waals surface area contributed by atoms with Gasteiger partial charge in [-0.1, -0.05) is 6.07 Å². The van der Waals surface area contributed by atoms with Crippen LogP contribution in [0.4, 0.5) is 0 Å². The van der Waals surface area contributed by atoms with Crippen LogP contribution in [0, 0.1) is 11.3 Å². The van der Waals surface area contributed by atoms with Gasteiger partial charge in [-0.05, 0) is 47.6 Å². The molecule has 1 unspecified atom stereocenters. The smallest absolute Gasteiger partial charge is 0.181 e. The van der Waals surface area contributed by atoms with Crippen LogP contribution in [0.15, 0.2) is 22.7 Å². The minimum Gasteiger partial charge on any atom is -0.475 e. The summed E-state index contributed by atoms with van der Waals surface area (Å²) in [6.45, 7) is 2.53. The first kappa shape index (κ1) is 12.0. The second-order valence-electron chi connectivity index (χ2n) is 3.18. The van der Waals surface area contributed by atoms with Crippen LogP contribution in [0.5, 0.6) is 5.75 Å². The molecule has 0 bridgehead atoms. The van der Waals surface area contributed by atoms with Gasteiger partial charge in [0, 0.05) is 6.54 Å². The molecule has 0 aliphatic heterocycles. The Bertz CT molecular complexity index is 373. The number of nitrogens with one attached hydrogen (secondary N) is 1. The molecule has 0 saturated carbocycles. The minimum atomic E-state index is -0.434. The second kappa shape index (κ2) is 5.74. The number of nitriles is 1. The molecule has 1 N–H and O–H groups in total. The van der Waals surface area contributed by atoms with Gasteiger partial charge in [-0.15, -0.1) is 0 Å². The number of nitrogens with zero attached hydrogens (tertiary/aromatic N) is 1. The van der Waals surface area contributed by atoms with Crippen LogP contribution >= 0.6 is 15.9 Å². The van der Waals surface area contributed by atoms with Gasteiger partial charge in [-0.25, -0.2) is 0 Å². The summed E-state index contributed by atoms with van der Waals surface area (Å²) >= 11 is 3.41. The lowest BCUT2D eigenvalue weighted by atomic mass is 10.2. The first-order chi connectivity index (χ1) is 7.17. The predicted molar refractivity (Wildman–Crippen MR) is 62.6 cm³/mol. The summed E-state index contributed by atoms with van der Waals surface area (Å²) in [5.74, 6) is 0.698. The van der Waals surface area contributed by atoms with Crippen LogP contribution in [0.3, 0.4) is 0 Å². The van der Waals surface area contributed by atoms with Crippen molar-refractivity contribution in [3.8, 4) is 11.8 Å². The summed E-state index contributed by atoms with van der Waals surface area (Å²) < 4.78 is 6.27. The first-order valence-corrected chi connectivity index (χ1v) is 5.46. The van der Waals surface area contributed by atoms with E-state index < -0.39 is 6.10 Å². The van der Waals surface area contributed by atoms with E-state index in [1.807, 2.05) is 31.3 Å². The maximum Gasteiger partial charge on any atom is 0.181 e. The highest BCUT2D eigenvalue weighted by Crippen LogP contribution is 2.26. The van der Waals surface area contributed by atoms with Crippen molar-refractivity contribution in [1.82, 2.24) is 5.32 Å². The number of benzene rings is 1. The fourth-order valence-corrected chi connectivity index (χ4v) is 1.69. The van der Waals surface area contributed by atoms with E-state index in [4.69, 9.17) is 10.00 Å². The lowest BCUT2D eigenvalue weighted by Crippen LogP contribution is -2.09. The van der Waals surface area contributed by atoms with Gasteiger partial charge in [0.15, 0.2) is 6.10 Å². The van der Waals surface area contributed by atoms with Crippen LogP contribution in [0.2, 0.25) is 0 Å². The molecule has 1 aromatic carbocycles. The quantitative estimate of drug-likeness (QED) is 0.913. The molecule has 0 fully saturated rings. The zero-order valence-electron chi connectivity index (χ0n) is 8.75. The Morgan fingerprint density at radius 3 is 2.87 bits per heavy atom. The van der Waals surface area contributed by atoms with Crippen LogP contribution in [0.25, 0.3) is 0 Å². The van der Waals surface area contributed by atoms with Crippen molar-refractivity contribution in [2.24, 2.45) is 0 Å². The normalized spacial score (nSPS) is 11.9. The molecule has 0 aliphatic carbocycles. The van der Waals surface area contributed by atoms with E-state index in [1.54, 1.807) is 6.92 Å². The van der Waals surface area contributed by atoms with E-state index >= 15 is 0 Å². The van der Waals surface area contributed by atoms with Crippen molar-refractivity contribution in [1.29, 1.82) is 5.26 Å². The van der Waals surface area contributed by atoms with E-state index in [0.29, 0.717) is 5.75 Å². The summed E-state index contributed by atoms with van der Waals surface area (Å²) in [7, 11) is 1.90. The van der Waals surface area contributed by atoms with E-state index in [0.717, 1.165) is 11.0 Å². The van der Waals surface area contributed by atoms with Gasteiger partial charge in [0.05, 0.1) is 4.47 Å². The fraction of sp³-hybridized carbons (Fsp3) is 0.364. The van der Waals surface area contributed by atoms with E-state index in [1.165, 1.54) is 5.56 Å². The van der Waals surface area contributed by atoms with Gasteiger partial charge in [0.1, 0.15) is 11.8 Å². The van der Waals surface area contributed by atoms with E-state index in [2.05, 4.69) is 21.2 Å². The van der Waals surface area contributed by atoms with Crippen molar-refractivity contribution < 1.29 is 4.74 Å². The van der Waals surface area contributed by atoms with Crippen LogP contribution in [-0.2, 0) is 6.54 Å². The molecule has 80 valence electrons. The molecule has 0 aromatic heterocycles. The molecule has 3 nitrogen and oxygen atoms in total. The Morgan fingerprint density at radius 1 is 1.60 bits per heavy atom. The second-order valence-corrected chi connectivity index (χ2v) is 4.04. The zero-order chi connectivity index (χ0) is 11.3. The summed E-state index contributed by atoms with van der Waals surface area (Å²) in [5, 5.41) is 11.7. The largest absolute Gasteiger partial charge is 0.475 e. The number of rotatable bonds is 4. The Morgan fingerprint density at radius 2 is 2.33 bits per heavy atom. The third-order valence-corrected chi connectivity index (χ3v) is 2.48. The molecular weight excluding hydrogens is 256 g/mol. The number of halogens is 1. The third kappa shape index (κ3) is 3.54. The maximum atomic E-state index is 8.63. The Labute approximate surface area is 98.2 Å². The van der Waals surface area contributed by atoms with Gasteiger partial charge < -0.3 is 10.1 Å². The third-order valence-electron chi connectivity index (χ3n) is 1.86. The van der Waals surface area contributed by atoms with E-state index in [9.17, 15) is 0 Å². The van der Waals surface area contributed by atoms with Crippen LogP contribution in [0.1, 0.15) is 12.5 Å². The van der Waals surface area contributed by atoms with Crippen molar-refractivity contribution in [2.45, 2.75) is 19.6 Å². The molecule has 15 heavy (non-hydrogen) atoms. The van der Waals surface area contributed by atoms with Gasteiger partial charge in [0.2, 0.25) is 0 Å². The highest BCUT2D eigenvalue weighted by molar-refractivity contribution is 9.10. The topological polar surface area (TPSA) is 45.0 Å². The molecule has 0 radical (unpaired) electrons. The summed E-state index contributed by atoms with van der Waals surface area (Å²) in [4.78, 5) is 0. The molecule has 1 atom stereocenters. The summed E-state index contributed by atoms with van der Waals surface area (Å²) in [6, 6.07) is 7.85. The van der Waals surface area contributed by atoms with E-state index in [-0.39, 0.29) is 0 Å². The molecule has 4 heteroatoms. The van der Waals surface area contributed by atoms with Gasteiger partial charge >= 0.3 is 0 Å². The zero-order valence-corrected chi connectivity index (χ0v) is 10.3. The van der Waals surface area contributed by atoms with Gasteiger partial charge in [-0.3, -0.25) is 0 Å².